The van der Waals surface area contributed by atoms with Gasteiger partial charge in [-0.05, 0) is 31.2 Å². The molecule has 0 radical (unpaired) electrons. The summed E-state index contributed by atoms with van der Waals surface area (Å²) < 4.78 is 4.01. The molecule has 0 unspecified atom stereocenters. The third kappa shape index (κ3) is 4.73. The highest BCUT2D eigenvalue weighted by Gasteiger charge is 2.18. The molecule has 0 saturated carbocycles. The Balaban J connectivity index is 0.00000160. The van der Waals surface area contributed by atoms with Crippen molar-refractivity contribution in [2.24, 2.45) is 0 Å². The van der Waals surface area contributed by atoms with Crippen LogP contribution in [0.2, 0.25) is 10.0 Å². The molecule has 0 aliphatic rings. The summed E-state index contributed by atoms with van der Waals surface area (Å²) in [6.07, 6.45) is 8.21. The van der Waals surface area contributed by atoms with Gasteiger partial charge in [-0.2, -0.15) is 0 Å². The van der Waals surface area contributed by atoms with Crippen LogP contribution in [0.3, 0.4) is 0 Å². The molecule has 1 aromatic carbocycles. The third-order valence-electron chi connectivity index (χ3n) is 4.55. The van der Waals surface area contributed by atoms with Gasteiger partial charge in [0.25, 0.3) is 5.91 Å². The number of aromatic nitrogens is 4. The van der Waals surface area contributed by atoms with Crippen molar-refractivity contribution in [1.82, 2.24) is 18.9 Å². The van der Waals surface area contributed by atoms with E-state index in [0.717, 1.165) is 24.4 Å². The summed E-state index contributed by atoms with van der Waals surface area (Å²) in [7, 11) is 0. The quantitative estimate of drug-likeness (QED) is 0.406. The predicted octanol–water partition coefficient (Wildman–Crippen LogP) is 5.48. The van der Waals surface area contributed by atoms with Gasteiger partial charge in [0.15, 0.2) is 5.65 Å². The third-order valence-corrected chi connectivity index (χ3v) is 5.18. The van der Waals surface area contributed by atoms with E-state index in [1.807, 2.05) is 40.4 Å². The lowest BCUT2D eigenvalue weighted by Crippen LogP contribution is -2.14. The second-order valence-corrected chi connectivity index (χ2v) is 7.18. The van der Waals surface area contributed by atoms with Crippen molar-refractivity contribution in [1.29, 1.82) is 0 Å². The number of amides is 1. The Morgan fingerprint density at radius 2 is 1.83 bits per heavy atom. The standard InChI is InChI=1S/C20H17Cl2N5O.2ClH/c1-13-17(7-10-26-11-8-23-12-26)27-9-3-6-16(19(27)24-13)25-20(28)18-14(21)4-2-5-15(18)22;;/h2-6,8-9,11-12H,7,10H2,1H3,(H,25,28);2*1H. The van der Waals surface area contributed by atoms with Gasteiger partial charge in [-0.1, -0.05) is 29.3 Å². The largest absolute Gasteiger partial charge is 0.337 e. The fourth-order valence-electron chi connectivity index (χ4n) is 3.18. The number of benzene rings is 1. The van der Waals surface area contributed by atoms with Crippen molar-refractivity contribution >= 4 is 65.3 Å². The Kier molecular flexibility index (Phi) is 8.15. The highest BCUT2D eigenvalue weighted by Crippen LogP contribution is 2.27. The number of halogens is 4. The number of hydrogen-bond donors (Lipinski definition) is 1. The topological polar surface area (TPSA) is 64.2 Å². The van der Waals surface area contributed by atoms with E-state index >= 15 is 0 Å². The molecule has 3 heterocycles. The summed E-state index contributed by atoms with van der Waals surface area (Å²) in [5.41, 5.74) is 3.52. The summed E-state index contributed by atoms with van der Waals surface area (Å²) in [5.74, 6) is -0.371. The van der Waals surface area contributed by atoms with Gasteiger partial charge < -0.3 is 14.3 Å². The maximum atomic E-state index is 12.7. The summed E-state index contributed by atoms with van der Waals surface area (Å²) in [5, 5.41) is 3.49. The first-order valence-corrected chi connectivity index (χ1v) is 9.48. The smallest absolute Gasteiger partial charge is 0.258 e. The number of aryl methyl sites for hydroxylation is 3. The summed E-state index contributed by atoms with van der Waals surface area (Å²) >= 11 is 12.3. The summed E-state index contributed by atoms with van der Waals surface area (Å²) in [6, 6.07) is 8.66. The monoisotopic (exact) mass is 485 g/mol. The molecule has 6 nitrogen and oxygen atoms in total. The number of carbonyl (C=O) groups excluding carboxylic acids is 1. The van der Waals surface area contributed by atoms with E-state index in [1.54, 1.807) is 30.7 Å². The molecule has 0 aliphatic heterocycles. The van der Waals surface area contributed by atoms with Crippen molar-refractivity contribution in [3.05, 3.63) is 82.2 Å². The van der Waals surface area contributed by atoms with Gasteiger partial charge in [0, 0.05) is 37.3 Å². The van der Waals surface area contributed by atoms with Crippen LogP contribution in [-0.4, -0.2) is 24.8 Å². The van der Waals surface area contributed by atoms with Gasteiger partial charge >= 0.3 is 0 Å². The van der Waals surface area contributed by atoms with Gasteiger partial charge in [-0.15, -0.1) is 24.8 Å². The minimum absolute atomic E-state index is 0. The number of nitrogens with one attached hydrogen (secondary N) is 1. The molecule has 0 bridgehead atoms. The molecule has 10 heteroatoms. The molecule has 0 atom stereocenters. The molecule has 158 valence electrons. The van der Waals surface area contributed by atoms with Crippen molar-refractivity contribution in [2.45, 2.75) is 19.9 Å². The fourth-order valence-corrected chi connectivity index (χ4v) is 3.75. The second kappa shape index (κ2) is 10.2. The molecule has 0 spiro atoms. The Hall–Kier alpha value is -2.25. The van der Waals surface area contributed by atoms with Crippen LogP contribution < -0.4 is 5.32 Å². The number of fused-ring (bicyclic) bond motifs is 1. The van der Waals surface area contributed by atoms with Crippen molar-refractivity contribution < 1.29 is 4.79 Å². The molecule has 1 amide bonds. The van der Waals surface area contributed by atoms with E-state index in [0.29, 0.717) is 21.4 Å². The molecular formula is C20H19Cl4N5O. The molecule has 0 saturated heterocycles. The van der Waals surface area contributed by atoms with Crippen molar-refractivity contribution in [3.8, 4) is 0 Å². The predicted molar refractivity (Wildman–Crippen MR) is 125 cm³/mol. The van der Waals surface area contributed by atoms with Crippen molar-refractivity contribution in [3.63, 3.8) is 0 Å². The van der Waals surface area contributed by atoms with Crippen LogP contribution in [0.1, 0.15) is 21.7 Å². The number of pyridine rings is 1. The highest BCUT2D eigenvalue weighted by atomic mass is 35.5. The highest BCUT2D eigenvalue weighted by molar-refractivity contribution is 6.40. The van der Waals surface area contributed by atoms with Crippen LogP contribution >= 0.6 is 48.0 Å². The van der Waals surface area contributed by atoms with Gasteiger partial charge in [0.05, 0.1) is 33.3 Å². The Morgan fingerprint density at radius 3 is 2.50 bits per heavy atom. The average molecular weight is 487 g/mol. The lowest BCUT2D eigenvalue weighted by atomic mass is 10.2. The van der Waals surface area contributed by atoms with E-state index in [9.17, 15) is 4.79 Å². The maximum Gasteiger partial charge on any atom is 0.258 e. The van der Waals surface area contributed by atoms with E-state index in [-0.39, 0.29) is 36.3 Å². The summed E-state index contributed by atoms with van der Waals surface area (Å²) in [4.78, 5) is 21.5. The zero-order valence-electron chi connectivity index (χ0n) is 15.9. The van der Waals surface area contributed by atoms with Crippen LogP contribution in [0, 0.1) is 6.92 Å². The van der Waals surface area contributed by atoms with Crippen LogP contribution in [0.15, 0.2) is 55.2 Å². The lowest BCUT2D eigenvalue weighted by Gasteiger charge is -2.10. The van der Waals surface area contributed by atoms with Crippen LogP contribution in [0.4, 0.5) is 5.69 Å². The number of rotatable bonds is 5. The number of carbonyl (C=O) groups is 1. The average Bonchev–Trinajstić information content (AvgIpc) is 3.28. The first-order chi connectivity index (χ1) is 13.5. The van der Waals surface area contributed by atoms with E-state index in [4.69, 9.17) is 23.2 Å². The zero-order valence-corrected chi connectivity index (χ0v) is 19.0. The minimum Gasteiger partial charge on any atom is -0.337 e. The Labute approximate surface area is 196 Å². The molecule has 3 aromatic heterocycles. The maximum absolute atomic E-state index is 12.7. The molecule has 4 aromatic rings. The fraction of sp³-hybridized carbons (Fsp3) is 0.150. The first kappa shape index (κ1) is 24.0. The second-order valence-electron chi connectivity index (χ2n) is 6.36. The van der Waals surface area contributed by atoms with E-state index in [1.165, 1.54) is 0 Å². The van der Waals surface area contributed by atoms with Crippen LogP contribution in [0.5, 0.6) is 0 Å². The molecule has 4 rings (SSSR count). The Morgan fingerprint density at radius 1 is 1.10 bits per heavy atom. The minimum atomic E-state index is -0.371. The first-order valence-electron chi connectivity index (χ1n) is 8.72. The molecule has 0 aliphatic carbocycles. The number of hydrogen-bond acceptors (Lipinski definition) is 3. The van der Waals surface area contributed by atoms with Crippen LogP contribution in [-0.2, 0) is 13.0 Å². The van der Waals surface area contributed by atoms with Gasteiger partial charge in [0.1, 0.15) is 0 Å². The number of imidazole rings is 2. The van der Waals surface area contributed by atoms with E-state index < -0.39 is 0 Å². The molecule has 0 fully saturated rings. The van der Waals surface area contributed by atoms with Gasteiger partial charge in [0.2, 0.25) is 0 Å². The molecule has 30 heavy (non-hydrogen) atoms. The normalized spacial score (nSPS) is 10.4. The van der Waals surface area contributed by atoms with Crippen molar-refractivity contribution in [2.75, 3.05) is 5.32 Å². The SMILES string of the molecule is Cc1nc2c(NC(=O)c3c(Cl)cccc3Cl)cccn2c1CCn1ccnc1.Cl.Cl. The summed E-state index contributed by atoms with van der Waals surface area (Å²) in [6.45, 7) is 2.76. The van der Waals surface area contributed by atoms with Gasteiger partial charge in [-0.25, -0.2) is 9.97 Å². The van der Waals surface area contributed by atoms with Gasteiger partial charge in [-0.3, -0.25) is 4.79 Å². The number of anilines is 1. The molecular weight excluding hydrogens is 468 g/mol. The zero-order chi connectivity index (χ0) is 19.7. The lowest BCUT2D eigenvalue weighted by molar-refractivity contribution is 0.102. The van der Waals surface area contributed by atoms with E-state index in [2.05, 4.69) is 15.3 Å². The number of nitrogens with zero attached hydrogens (tertiary/aromatic N) is 4. The Bertz CT molecular complexity index is 1140. The molecule has 1 N–H and O–H groups in total. The van der Waals surface area contributed by atoms with Crippen LogP contribution in [0.25, 0.3) is 5.65 Å².